The van der Waals surface area contributed by atoms with Crippen LogP contribution >= 0.6 is 0 Å². The third-order valence-corrected chi connectivity index (χ3v) is 3.44. The predicted molar refractivity (Wildman–Crippen MR) is 83.5 cm³/mol. The van der Waals surface area contributed by atoms with Crippen LogP contribution in [0.15, 0.2) is 18.2 Å². The lowest BCUT2D eigenvalue weighted by Crippen LogP contribution is -2.48. The highest BCUT2D eigenvalue weighted by atomic mass is 16.5. The summed E-state index contributed by atoms with van der Waals surface area (Å²) in [6.07, 6.45) is 0. The Labute approximate surface area is 127 Å². The quantitative estimate of drug-likeness (QED) is 0.902. The van der Waals surface area contributed by atoms with Gasteiger partial charge < -0.3 is 20.1 Å². The van der Waals surface area contributed by atoms with E-state index in [4.69, 9.17) is 15.2 Å². The van der Waals surface area contributed by atoms with Crippen molar-refractivity contribution in [3.8, 4) is 11.5 Å². The standard InChI is InChI=1S/C16H26N2O3/c1-16(2,3)14(17)15(19)18(4)10-11-7-8-12(20-5)13(9-11)21-6/h7-9,14H,10,17H2,1-6H3/t14-/m0/s1. The van der Waals surface area contributed by atoms with Crippen LogP contribution in [0.4, 0.5) is 0 Å². The molecule has 0 heterocycles. The Morgan fingerprint density at radius 2 is 1.81 bits per heavy atom. The molecular formula is C16H26N2O3. The van der Waals surface area contributed by atoms with Crippen LogP contribution in [0, 0.1) is 5.41 Å². The molecule has 5 heteroatoms. The fourth-order valence-electron chi connectivity index (χ4n) is 1.94. The first-order chi connectivity index (χ1) is 9.70. The number of hydrogen-bond acceptors (Lipinski definition) is 4. The number of amides is 1. The fourth-order valence-corrected chi connectivity index (χ4v) is 1.94. The third-order valence-electron chi connectivity index (χ3n) is 3.44. The zero-order valence-corrected chi connectivity index (χ0v) is 13.8. The second kappa shape index (κ2) is 6.80. The van der Waals surface area contributed by atoms with Gasteiger partial charge in [0.2, 0.25) is 5.91 Å². The average molecular weight is 294 g/mol. The maximum absolute atomic E-state index is 12.3. The molecule has 0 aromatic heterocycles. The summed E-state index contributed by atoms with van der Waals surface area (Å²) in [6.45, 7) is 6.35. The van der Waals surface area contributed by atoms with Gasteiger partial charge in [-0.2, -0.15) is 0 Å². The van der Waals surface area contributed by atoms with Crippen molar-refractivity contribution in [2.24, 2.45) is 11.1 Å². The lowest BCUT2D eigenvalue weighted by Gasteiger charge is -2.30. The van der Waals surface area contributed by atoms with Crippen LogP contribution in [0.25, 0.3) is 0 Å². The van der Waals surface area contributed by atoms with E-state index in [1.165, 1.54) is 0 Å². The molecule has 5 nitrogen and oxygen atoms in total. The number of ether oxygens (including phenoxy) is 2. The van der Waals surface area contributed by atoms with E-state index in [1.54, 1.807) is 26.2 Å². The summed E-state index contributed by atoms with van der Waals surface area (Å²) in [5.41, 5.74) is 6.72. The highest BCUT2D eigenvalue weighted by Crippen LogP contribution is 2.28. The number of nitrogens with two attached hydrogens (primary N) is 1. The smallest absolute Gasteiger partial charge is 0.240 e. The first-order valence-electron chi connectivity index (χ1n) is 6.92. The molecule has 0 aliphatic rings. The molecule has 0 radical (unpaired) electrons. The van der Waals surface area contributed by atoms with Crippen LogP contribution in [0.3, 0.4) is 0 Å². The number of benzene rings is 1. The molecule has 0 saturated heterocycles. The van der Waals surface area contributed by atoms with E-state index in [2.05, 4.69) is 0 Å². The van der Waals surface area contributed by atoms with Crippen LogP contribution in [0.2, 0.25) is 0 Å². The molecule has 1 atom stereocenters. The molecule has 0 aliphatic carbocycles. The fraction of sp³-hybridized carbons (Fsp3) is 0.562. The summed E-state index contributed by atoms with van der Waals surface area (Å²) >= 11 is 0. The molecule has 0 aliphatic heterocycles. The Morgan fingerprint density at radius 1 is 1.24 bits per heavy atom. The number of methoxy groups -OCH3 is 2. The molecule has 21 heavy (non-hydrogen) atoms. The summed E-state index contributed by atoms with van der Waals surface area (Å²) in [4.78, 5) is 14.0. The lowest BCUT2D eigenvalue weighted by molar-refractivity contribution is -0.134. The Balaban J connectivity index is 2.84. The van der Waals surface area contributed by atoms with Gasteiger partial charge in [0.25, 0.3) is 0 Å². The van der Waals surface area contributed by atoms with E-state index in [0.29, 0.717) is 18.0 Å². The van der Waals surface area contributed by atoms with Crippen LogP contribution in [0.1, 0.15) is 26.3 Å². The van der Waals surface area contributed by atoms with Gasteiger partial charge in [-0.25, -0.2) is 0 Å². The molecule has 1 aromatic rings. The topological polar surface area (TPSA) is 64.8 Å². The van der Waals surface area contributed by atoms with Gasteiger partial charge >= 0.3 is 0 Å². The SMILES string of the molecule is COc1ccc(CN(C)C(=O)[C@H](N)C(C)(C)C)cc1OC. The van der Waals surface area contributed by atoms with Gasteiger partial charge in [0.15, 0.2) is 11.5 Å². The maximum Gasteiger partial charge on any atom is 0.240 e. The first kappa shape index (κ1) is 17.3. The van der Waals surface area contributed by atoms with Crippen molar-refractivity contribution in [1.82, 2.24) is 4.90 Å². The minimum atomic E-state index is -0.525. The first-order valence-corrected chi connectivity index (χ1v) is 6.92. The second-order valence-electron chi connectivity index (χ2n) is 6.23. The second-order valence-corrected chi connectivity index (χ2v) is 6.23. The number of carbonyl (C=O) groups is 1. The summed E-state index contributed by atoms with van der Waals surface area (Å²) in [6, 6.07) is 5.08. The largest absolute Gasteiger partial charge is 0.493 e. The van der Waals surface area contributed by atoms with E-state index < -0.39 is 6.04 Å². The normalized spacial score (nSPS) is 12.7. The van der Waals surface area contributed by atoms with Crippen molar-refractivity contribution in [1.29, 1.82) is 0 Å². The Hall–Kier alpha value is -1.75. The summed E-state index contributed by atoms with van der Waals surface area (Å²) in [5.74, 6) is 1.25. The molecule has 2 N–H and O–H groups in total. The summed E-state index contributed by atoms with van der Waals surface area (Å²) in [5, 5.41) is 0. The van der Waals surface area contributed by atoms with Gasteiger partial charge in [-0.1, -0.05) is 26.8 Å². The zero-order valence-electron chi connectivity index (χ0n) is 13.8. The van der Waals surface area contributed by atoms with Crippen molar-refractivity contribution >= 4 is 5.91 Å². The van der Waals surface area contributed by atoms with Crippen molar-refractivity contribution in [2.75, 3.05) is 21.3 Å². The molecule has 0 saturated carbocycles. The monoisotopic (exact) mass is 294 g/mol. The van der Waals surface area contributed by atoms with Crippen LogP contribution < -0.4 is 15.2 Å². The third kappa shape index (κ3) is 4.36. The van der Waals surface area contributed by atoms with E-state index in [0.717, 1.165) is 5.56 Å². The van der Waals surface area contributed by atoms with Gasteiger partial charge in [-0.3, -0.25) is 4.79 Å². The summed E-state index contributed by atoms with van der Waals surface area (Å²) < 4.78 is 10.5. The molecule has 1 aromatic carbocycles. The van der Waals surface area contributed by atoms with Crippen molar-refractivity contribution in [2.45, 2.75) is 33.4 Å². The molecule has 1 rings (SSSR count). The van der Waals surface area contributed by atoms with Gasteiger partial charge in [0.1, 0.15) is 0 Å². The zero-order chi connectivity index (χ0) is 16.2. The molecule has 0 spiro atoms. The lowest BCUT2D eigenvalue weighted by atomic mass is 9.86. The van der Waals surface area contributed by atoms with Crippen molar-refractivity contribution in [3.63, 3.8) is 0 Å². The number of carbonyl (C=O) groups excluding carboxylic acids is 1. The number of likely N-dealkylation sites (N-methyl/N-ethyl adjacent to an activating group) is 1. The van der Waals surface area contributed by atoms with Gasteiger partial charge in [0, 0.05) is 13.6 Å². The van der Waals surface area contributed by atoms with Gasteiger partial charge in [0.05, 0.1) is 20.3 Å². The highest BCUT2D eigenvalue weighted by molar-refractivity contribution is 5.82. The minimum Gasteiger partial charge on any atom is -0.493 e. The van der Waals surface area contributed by atoms with E-state index in [1.807, 2.05) is 39.0 Å². The molecular weight excluding hydrogens is 268 g/mol. The maximum atomic E-state index is 12.3. The predicted octanol–water partition coefficient (Wildman–Crippen LogP) is 2.04. The van der Waals surface area contributed by atoms with Crippen molar-refractivity contribution < 1.29 is 14.3 Å². The number of hydrogen-bond donors (Lipinski definition) is 1. The van der Waals surface area contributed by atoms with Crippen LogP contribution in [-0.4, -0.2) is 38.1 Å². The minimum absolute atomic E-state index is 0.0720. The number of rotatable bonds is 5. The molecule has 0 fully saturated rings. The summed E-state index contributed by atoms with van der Waals surface area (Å²) in [7, 11) is 4.94. The van der Waals surface area contributed by atoms with Crippen molar-refractivity contribution in [3.05, 3.63) is 23.8 Å². The van der Waals surface area contributed by atoms with Gasteiger partial charge in [-0.15, -0.1) is 0 Å². The Kier molecular flexibility index (Phi) is 5.61. The molecule has 0 bridgehead atoms. The van der Waals surface area contributed by atoms with Crippen LogP contribution in [-0.2, 0) is 11.3 Å². The Morgan fingerprint density at radius 3 is 2.29 bits per heavy atom. The van der Waals surface area contributed by atoms with Crippen LogP contribution in [0.5, 0.6) is 11.5 Å². The highest BCUT2D eigenvalue weighted by Gasteiger charge is 2.29. The number of nitrogens with zero attached hydrogens (tertiary/aromatic N) is 1. The van der Waals surface area contributed by atoms with E-state index in [-0.39, 0.29) is 11.3 Å². The van der Waals surface area contributed by atoms with E-state index in [9.17, 15) is 4.79 Å². The Bertz CT molecular complexity index is 495. The molecule has 1 amide bonds. The average Bonchev–Trinajstić information content (AvgIpc) is 2.44. The molecule has 118 valence electrons. The van der Waals surface area contributed by atoms with Gasteiger partial charge in [-0.05, 0) is 23.1 Å². The molecule has 0 unspecified atom stereocenters. The van der Waals surface area contributed by atoms with E-state index >= 15 is 0 Å².